The summed E-state index contributed by atoms with van der Waals surface area (Å²) < 4.78 is 31.6. The minimum absolute atomic E-state index is 0.0228. The Bertz CT molecular complexity index is 898. The third-order valence-corrected chi connectivity index (χ3v) is 5.43. The highest BCUT2D eigenvalue weighted by Crippen LogP contribution is 2.26. The lowest BCUT2D eigenvalue weighted by atomic mass is 9.87. The van der Waals surface area contributed by atoms with E-state index in [1.165, 1.54) is 32.4 Å². The van der Waals surface area contributed by atoms with Crippen LogP contribution in [0.15, 0.2) is 47.4 Å². The number of sulfonamides is 1. The van der Waals surface area contributed by atoms with Crippen molar-refractivity contribution in [2.75, 3.05) is 19.5 Å². The lowest BCUT2D eigenvalue weighted by Crippen LogP contribution is -2.20. The molecule has 0 aromatic heterocycles. The summed E-state index contributed by atoms with van der Waals surface area (Å²) in [6.07, 6.45) is 0. The van der Waals surface area contributed by atoms with E-state index in [2.05, 4.69) is 30.8 Å². The molecule has 0 bridgehead atoms. The molecule has 0 saturated heterocycles. The monoisotopic (exact) mass is 376 g/mol. The molecular formula is C19H24N2O4S. The van der Waals surface area contributed by atoms with Gasteiger partial charge in [-0.3, -0.25) is 4.79 Å². The topological polar surface area (TPSA) is 84.5 Å². The molecule has 140 valence electrons. The van der Waals surface area contributed by atoms with Gasteiger partial charge in [0.2, 0.25) is 10.0 Å². The van der Waals surface area contributed by atoms with Gasteiger partial charge in [0.25, 0.3) is 5.91 Å². The van der Waals surface area contributed by atoms with E-state index in [1.807, 2.05) is 24.3 Å². The van der Waals surface area contributed by atoms with E-state index in [0.717, 1.165) is 5.56 Å². The van der Waals surface area contributed by atoms with E-state index in [1.54, 1.807) is 0 Å². The van der Waals surface area contributed by atoms with Crippen LogP contribution in [0, 0.1) is 0 Å². The fourth-order valence-corrected chi connectivity index (χ4v) is 3.31. The van der Waals surface area contributed by atoms with Crippen molar-refractivity contribution >= 4 is 21.6 Å². The van der Waals surface area contributed by atoms with E-state index in [0.29, 0.717) is 5.69 Å². The van der Waals surface area contributed by atoms with Crippen LogP contribution in [-0.2, 0) is 15.4 Å². The van der Waals surface area contributed by atoms with Gasteiger partial charge in [0.1, 0.15) is 10.6 Å². The maximum Gasteiger partial charge on any atom is 0.255 e. The Labute approximate surface area is 154 Å². The van der Waals surface area contributed by atoms with Crippen LogP contribution < -0.4 is 14.8 Å². The Morgan fingerprint density at radius 2 is 1.65 bits per heavy atom. The van der Waals surface area contributed by atoms with Gasteiger partial charge in [-0.2, -0.15) is 0 Å². The van der Waals surface area contributed by atoms with Crippen LogP contribution in [0.1, 0.15) is 36.7 Å². The number of carbonyl (C=O) groups excluding carboxylic acids is 1. The molecule has 7 heteroatoms. The summed E-state index contributed by atoms with van der Waals surface area (Å²) in [6, 6.07) is 11.8. The van der Waals surface area contributed by atoms with Gasteiger partial charge < -0.3 is 10.1 Å². The quantitative estimate of drug-likeness (QED) is 0.839. The average Bonchev–Trinajstić information content (AvgIpc) is 2.60. The molecule has 2 aromatic carbocycles. The lowest BCUT2D eigenvalue weighted by molar-refractivity contribution is 0.102. The number of benzene rings is 2. The normalized spacial score (nSPS) is 11.9. The number of anilines is 1. The standard InChI is InChI=1S/C19H24N2O4S/c1-19(2,3)14-7-9-15(10-8-14)21-18(22)13-6-11-16(25-5)17(12-13)26(23,24)20-4/h6-12,20H,1-5H3,(H,21,22). The number of hydrogen-bond donors (Lipinski definition) is 2. The number of ether oxygens (including phenoxy) is 1. The van der Waals surface area contributed by atoms with Gasteiger partial charge in [0.15, 0.2) is 0 Å². The highest BCUT2D eigenvalue weighted by molar-refractivity contribution is 7.89. The molecule has 0 fully saturated rings. The summed E-state index contributed by atoms with van der Waals surface area (Å²) in [4.78, 5) is 12.4. The van der Waals surface area contributed by atoms with Crippen molar-refractivity contribution in [2.45, 2.75) is 31.1 Å². The second kappa shape index (κ2) is 7.47. The fourth-order valence-electron chi connectivity index (χ4n) is 2.39. The molecule has 0 unspecified atom stereocenters. The van der Waals surface area contributed by atoms with Crippen molar-refractivity contribution in [1.82, 2.24) is 4.72 Å². The first-order valence-electron chi connectivity index (χ1n) is 8.12. The number of nitrogens with one attached hydrogen (secondary N) is 2. The maximum atomic E-state index is 12.5. The molecule has 0 radical (unpaired) electrons. The minimum atomic E-state index is -3.75. The van der Waals surface area contributed by atoms with Crippen molar-refractivity contribution in [3.8, 4) is 5.75 Å². The van der Waals surface area contributed by atoms with E-state index in [-0.39, 0.29) is 21.6 Å². The van der Waals surface area contributed by atoms with Crippen molar-refractivity contribution < 1.29 is 17.9 Å². The predicted molar refractivity (Wildman–Crippen MR) is 102 cm³/mol. The number of amides is 1. The molecule has 0 saturated carbocycles. The summed E-state index contributed by atoms with van der Waals surface area (Å²) in [5, 5.41) is 2.78. The molecular weight excluding hydrogens is 352 g/mol. The smallest absolute Gasteiger partial charge is 0.255 e. The first-order chi connectivity index (χ1) is 12.1. The van der Waals surface area contributed by atoms with Crippen molar-refractivity contribution in [3.05, 3.63) is 53.6 Å². The Hall–Kier alpha value is -2.38. The van der Waals surface area contributed by atoms with Crippen LogP contribution in [0.25, 0.3) is 0 Å². The van der Waals surface area contributed by atoms with E-state index >= 15 is 0 Å². The molecule has 0 heterocycles. The van der Waals surface area contributed by atoms with Crippen LogP contribution in [0.5, 0.6) is 5.75 Å². The molecule has 6 nitrogen and oxygen atoms in total. The summed E-state index contributed by atoms with van der Waals surface area (Å²) >= 11 is 0. The average molecular weight is 376 g/mol. The molecule has 0 aliphatic carbocycles. The highest BCUT2D eigenvalue weighted by Gasteiger charge is 2.20. The van der Waals surface area contributed by atoms with Gasteiger partial charge in [0.05, 0.1) is 7.11 Å². The molecule has 0 atom stereocenters. The van der Waals surface area contributed by atoms with Gasteiger partial charge >= 0.3 is 0 Å². The zero-order valence-electron chi connectivity index (χ0n) is 15.6. The first-order valence-corrected chi connectivity index (χ1v) is 9.60. The number of rotatable bonds is 5. The number of methoxy groups -OCH3 is 1. The summed E-state index contributed by atoms with van der Waals surface area (Å²) in [5.41, 5.74) is 2.04. The lowest BCUT2D eigenvalue weighted by Gasteiger charge is -2.19. The highest BCUT2D eigenvalue weighted by atomic mass is 32.2. The van der Waals surface area contributed by atoms with Gasteiger partial charge in [-0.05, 0) is 48.4 Å². The summed E-state index contributed by atoms with van der Waals surface area (Å²) in [5.74, 6) is -0.228. The van der Waals surface area contributed by atoms with E-state index < -0.39 is 15.9 Å². The number of carbonyl (C=O) groups is 1. The molecule has 0 aliphatic rings. The minimum Gasteiger partial charge on any atom is -0.495 e. The zero-order valence-corrected chi connectivity index (χ0v) is 16.4. The van der Waals surface area contributed by atoms with E-state index in [4.69, 9.17) is 4.74 Å². The molecule has 26 heavy (non-hydrogen) atoms. The molecule has 0 aliphatic heterocycles. The van der Waals surface area contributed by atoms with Crippen LogP contribution in [0.2, 0.25) is 0 Å². The predicted octanol–water partition coefficient (Wildman–Crippen LogP) is 3.15. The van der Waals surface area contributed by atoms with Crippen LogP contribution in [0.3, 0.4) is 0 Å². The summed E-state index contributed by atoms with van der Waals surface area (Å²) in [6.45, 7) is 6.34. The second-order valence-corrected chi connectivity index (χ2v) is 8.71. The molecule has 2 rings (SSSR count). The van der Waals surface area contributed by atoms with Gasteiger partial charge in [-0.15, -0.1) is 0 Å². The Morgan fingerprint density at radius 1 is 1.04 bits per heavy atom. The summed E-state index contributed by atoms with van der Waals surface area (Å²) in [7, 11) is -1.07. The number of hydrogen-bond acceptors (Lipinski definition) is 4. The molecule has 2 aromatic rings. The Kier molecular flexibility index (Phi) is 5.73. The van der Waals surface area contributed by atoms with Crippen LogP contribution >= 0.6 is 0 Å². The van der Waals surface area contributed by atoms with E-state index in [9.17, 15) is 13.2 Å². The SMILES string of the molecule is CNS(=O)(=O)c1cc(C(=O)Nc2ccc(C(C)(C)C)cc2)ccc1OC. The third kappa shape index (κ3) is 4.42. The van der Waals surface area contributed by atoms with Crippen molar-refractivity contribution in [2.24, 2.45) is 0 Å². The van der Waals surface area contributed by atoms with Gasteiger partial charge in [-0.25, -0.2) is 13.1 Å². The Morgan fingerprint density at radius 3 is 2.15 bits per heavy atom. The van der Waals surface area contributed by atoms with Gasteiger partial charge in [-0.1, -0.05) is 32.9 Å². The maximum absolute atomic E-state index is 12.5. The largest absolute Gasteiger partial charge is 0.495 e. The molecule has 2 N–H and O–H groups in total. The molecule has 1 amide bonds. The van der Waals surface area contributed by atoms with Crippen molar-refractivity contribution in [1.29, 1.82) is 0 Å². The third-order valence-electron chi connectivity index (χ3n) is 3.99. The zero-order chi connectivity index (χ0) is 19.5. The Balaban J connectivity index is 2.29. The van der Waals surface area contributed by atoms with Gasteiger partial charge in [0, 0.05) is 11.3 Å². The van der Waals surface area contributed by atoms with Crippen molar-refractivity contribution in [3.63, 3.8) is 0 Å². The second-order valence-electron chi connectivity index (χ2n) is 6.85. The first kappa shape index (κ1) is 19.9. The van der Waals surface area contributed by atoms with Crippen LogP contribution in [-0.4, -0.2) is 28.5 Å². The molecule has 0 spiro atoms. The fraction of sp³-hybridized carbons (Fsp3) is 0.316. The van der Waals surface area contributed by atoms with Crippen LogP contribution in [0.4, 0.5) is 5.69 Å².